The van der Waals surface area contributed by atoms with Gasteiger partial charge in [0.25, 0.3) is 0 Å². The number of hydrogen-bond donors (Lipinski definition) is 1. The lowest BCUT2D eigenvalue weighted by atomic mass is 10.1. The molecule has 4 rings (SSSR count). The monoisotopic (exact) mass is 405 g/mol. The first-order chi connectivity index (χ1) is 13.4. The molecule has 2 aromatic rings. The fourth-order valence-corrected chi connectivity index (χ4v) is 5.62. The van der Waals surface area contributed by atoms with Crippen LogP contribution in [0.1, 0.15) is 36.0 Å². The van der Waals surface area contributed by atoms with Gasteiger partial charge in [0.05, 0.1) is 16.6 Å². The molecule has 1 fully saturated rings. The van der Waals surface area contributed by atoms with Crippen molar-refractivity contribution in [2.24, 2.45) is 0 Å². The minimum absolute atomic E-state index is 0.0901. The van der Waals surface area contributed by atoms with Crippen LogP contribution < -0.4 is 5.32 Å². The van der Waals surface area contributed by atoms with Crippen molar-refractivity contribution < 1.29 is 12.8 Å². The third kappa shape index (κ3) is 3.38. The van der Waals surface area contributed by atoms with Crippen LogP contribution in [0.5, 0.6) is 0 Å². The minimum atomic E-state index is -3.75. The lowest BCUT2D eigenvalue weighted by Gasteiger charge is -2.28. The molecule has 7 nitrogen and oxygen atoms in total. The van der Waals surface area contributed by atoms with Gasteiger partial charge in [0.15, 0.2) is 0 Å². The summed E-state index contributed by atoms with van der Waals surface area (Å²) in [5.41, 5.74) is 2.06. The molecule has 1 atom stereocenters. The number of likely N-dealkylation sites (N-methyl/N-ethyl adjacent to an activating group) is 1. The topological polar surface area (TPSA) is 78.4 Å². The minimum Gasteiger partial charge on any atom is -0.373 e. The Morgan fingerprint density at radius 3 is 2.64 bits per heavy atom. The number of fused-ring (bicyclic) bond motifs is 1. The lowest BCUT2D eigenvalue weighted by Crippen LogP contribution is -2.33. The second-order valence-corrected chi connectivity index (χ2v) is 9.21. The Morgan fingerprint density at radius 2 is 1.93 bits per heavy atom. The fourth-order valence-electron chi connectivity index (χ4n) is 3.96. The van der Waals surface area contributed by atoms with E-state index in [1.807, 2.05) is 14.1 Å². The van der Waals surface area contributed by atoms with E-state index in [0.29, 0.717) is 18.8 Å². The third-order valence-electron chi connectivity index (χ3n) is 5.43. The van der Waals surface area contributed by atoms with E-state index in [2.05, 4.69) is 15.2 Å². The van der Waals surface area contributed by atoms with Crippen molar-refractivity contribution in [3.8, 4) is 0 Å². The Bertz CT molecular complexity index is 981. The molecule has 0 spiro atoms. The first-order valence-corrected chi connectivity index (χ1v) is 10.9. The fraction of sp³-hybridized carbons (Fsp3) is 0.474. The van der Waals surface area contributed by atoms with E-state index in [1.165, 1.54) is 28.6 Å². The lowest BCUT2D eigenvalue weighted by molar-refractivity contribution is 0.304. The molecule has 2 aliphatic heterocycles. The van der Waals surface area contributed by atoms with Gasteiger partial charge in [-0.25, -0.2) is 22.8 Å². The van der Waals surface area contributed by atoms with Gasteiger partial charge in [-0.15, -0.1) is 0 Å². The number of anilines is 1. The Balaban J connectivity index is 1.72. The molecule has 150 valence electrons. The predicted octanol–water partition coefficient (Wildman–Crippen LogP) is 2.17. The maximum atomic E-state index is 13.2. The largest absolute Gasteiger partial charge is 0.373 e. The number of nitrogens with zero attached hydrogens (tertiary/aromatic N) is 4. The summed E-state index contributed by atoms with van der Waals surface area (Å²) in [7, 11) is 0.123. The Kier molecular flexibility index (Phi) is 5.07. The molecule has 1 N–H and O–H groups in total. The zero-order valence-corrected chi connectivity index (χ0v) is 16.8. The summed E-state index contributed by atoms with van der Waals surface area (Å²) >= 11 is 0. The summed E-state index contributed by atoms with van der Waals surface area (Å²) in [6.45, 7) is 2.06. The first kappa shape index (κ1) is 19.2. The summed E-state index contributed by atoms with van der Waals surface area (Å²) in [6.07, 6.45) is 2.27. The quantitative estimate of drug-likeness (QED) is 0.840. The predicted molar refractivity (Wildman–Crippen MR) is 104 cm³/mol. The molecule has 1 saturated heterocycles. The molecule has 0 aliphatic carbocycles. The standard InChI is InChI=1S/C19H24FN5O2S/c1-21-18-15-9-11-24(2)12-16(15)22-19(23-18)17-4-3-10-25(17)28(26,27)14-7-5-13(20)6-8-14/h5-8,17H,3-4,9-12H2,1-2H3,(H,21,22,23)/t17-/m1/s1. The number of halogens is 1. The molecule has 3 heterocycles. The molecule has 0 radical (unpaired) electrons. The Labute approximate surface area is 164 Å². The van der Waals surface area contributed by atoms with Gasteiger partial charge in [-0.1, -0.05) is 0 Å². The van der Waals surface area contributed by atoms with Gasteiger partial charge in [0.2, 0.25) is 10.0 Å². The van der Waals surface area contributed by atoms with Crippen molar-refractivity contribution in [3.05, 3.63) is 47.2 Å². The van der Waals surface area contributed by atoms with Crippen LogP contribution in [0.2, 0.25) is 0 Å². The van der Waals surface area contributed by atoms with Gasteiger partial charge >= 0.3 is 0 Å². The van der Waals surface area contributed by atoms with E-state index >= 15 is 0 Å². The molecule has 0 saturated carbocycles. The van der Waals surface area contributed by atoms with Gasteiger partial charge in [0.1, 0.15) is 17.5 Å². The van der Waals surface area contributed by atoms with Crippen LogP contribution in [0.3, 0.4) is 0 Å². The zero-order valence-electron chi connectivity index (χ0n) is 16.0. The average Bonchev–Trinajstić information content (AvgIpc) is 3.18. The maximum absolute atomic E-state index is 13.2. The van der Waals surface area contributed by atoms with Gasteiger partial charge < -0.3 is 10.2 Å². The van der Waals surface area contributed by atoms with Crippen molar-refractivity contribution in [1.82, 2.24) is 19.2 Å². The first-order valence-electron chi connectivity index (χ1n) is 9.43. The van der Waals surface area contributed by atoms with Crippen LogP contribution in [0.25, 0.3) is 0 Å². The number of rotatable bonds is 4. The molecule has 28 heavy (non-hydrogen) atoms. The van der Waals surface area contributed by atoms with Crippen LogP contribution in [0.4, 0.5) is 10.2 Å². The SMILES string of the molecule is CNc1nc([C@H]2CCCN2S(=O)(=O)c2ccc(F)cc2)nc2c1CCN(C)C2. The molecule has 1 aromatic heterocycles. The highest BCUT2D eigenvalue weighted by Crippen LogP contribution is 2.36. The van der Waals surface area contributed by atoms with Crippen LogP contribution >= 0.6 is 0 Å². The van der Waals surface area contributed by atoms with E-state index in [-0.39, 0.29) is 4.90 Å². The van der Waals surface area contributed by atoms with Crippen LogP contribution in [-0.4, -0.2) is 54.8 Å². The second kappa shape index (κ2) is 7.38. The average molecular weight is 405 g/mol. The summed E-state index contributed by atoms with van der Waals surface area (Å²) in [5, 5.41) is 3.15. The molecule has 2 aliphatic rings. The normalized spacial score (nSPS) is 20.9. The summed E-state index contributed by atoms with van der Waals surface area (Å²) < 4.78 is 41.0. The molecule has 0 amide bonds. The maximum Gasteiger partial charge on any atom is 0.243 e. The highest BCUT2D eigenvalue weighted by molar-refractivity contribution is 7.89. The van der Waals surface area contributed by atoms with E-state index < -0.39 is 21.9 Å². The van der Waals surface area contributed by atoms with E-state index in [1.54, 1.807) is 0 Å². The number of nitrogens with one attached hydrogen (secondary N) is 1. The summed E-state index contributed by atoms with van der Waals surface area (Å²) in [5.74, 6) is 0.846. The highest BCUT2D eigenvalue weighted by Gasteiger charge is 2.38. The molecule has 0 bridgehead atoms. The molecular formula is C19H24FN5O2S. The van der Waals surface area contributed by atoms with E-state index in [4.69, 9.17) is 4.98 Å². The van der Waals surface area contributed by atoms with Gasteiger partial charge in [0, 0.05) is 32.2 Å². The van der Waals surface area contributed by atoms with Crippen molar-refractivity contribution in [1.29, 1.82) is 0 Å². The highest BCUT2D eigenvalue weighted by atomic mass is 32.2. The summed E-state index contributed by atoms with van der Waals surface area (Å²) in [4.78, 5) is 11.7. The van der Waals surface area contributed by atoms with Gasteiger partial charge in [-0.2, -0.15) is 4.31 Å². The zero-order chi connectivity index (χ0) is 19.9. The number of sulfonamides is 1. The number of aromatic nitrogens is 2. The van der Waals surface area contributed by atoms with E-state index in [0.717, 1.165) is 43.0 Å². The van der Waals surface area contributed by atoms with Gasteiger partial charge in [-0.05, 0) is 50.6 Å². The Morgan fingerprint density at radius 1 is 1.18 bits per heavy atom. The van der Waals surface area contributed by atoms with Crippen LogP contribution in [0.15, 0.2) is 29.2 Å². The molecule has 9 heteroatoms. The Hall–Kier alpha value is -2.10. The van der Waals surface area contributed by atoms with Crippen molar-refractivity contribution in [2.45, 2.75) is 36.7 Å². The van der Waals surface area contributed by atoms with Crippen molar-refractivity contribution in [3.63, 3.8) is 0 Å². The van der Waals surface area contributed by atoms with Crippen LogP contribution in [-0.2, 0) is 23.0 Å². The molecule has 0 unspecified atom stereocenters. The molecular weight excluding hydrogens is 381 g/mol. The van der Waals surface area contributed by atoms with Crippen molar-refractivity contribution in [2.75, 3.05) is 32.5 Å². The van der Waals surface area contributed by atoms with Crippen LogP contribution in [0, 0.1) is 5.82 Å². The van der Waals surface area contributed by atoms with E-state index in [9.17, 15) is 12.8 Å². The van der Waals surface area contributed by atoms with Crippen molar-refractivity contribution >= 4 is 15.8 Å². The summed E-state index contributed by atoms with van der Waals surface area (Å²) in [6, 6.07) is 4.54. The van der Waals surface area contributed by atoms with Gasteiger partial charge in [-0.3, -0.25) is 0 Å². The number of benzene rings is 1. The third-order valence-corrected chi connectivity index (χ3v) is 7.35. The molecule has 1 aromatic carbocycles. The smallest absolute Gasteiger partial charge is 0.243 e. The number of hydrogen-bond acceptors (Lipinski definition) is 6. The second-order valence-electron chi connectivity index (χ2n) is 7.32.